The van der Waals surface area contributed by atoms with E-state index in [-0.39, 0.29) is 4.90 Å². The van der Waals surface area contributed by atoms with E-state index >= 15 is 0 Å². The van der Waals surface area contributed by atoms with Crippen molar-refractivity contribution in [2.45, 2.75) is 9.79 Å². The molecule has 0 saturated heterocycles. The highest BCUT2D eigenvalue weighted by Crippen LogP contribution is 2.19. The van der Waals surface area contributed by atoms with Crippen LogP contribution in [-0.4, -0.2) is 19.7 Å². The lowest BCUT2D eigenvalue weighted by Gasteiger charge is -2.07. The second kappa shape index (κ2) is 5.50. The maximum Gasteiger partial charge on any atom is 0.267 e. The molecule has 7 heteroatoms. The molecule has 0 bridgehead atoms. The third kappa shape index (κ3) is 3.18. The summed E-state index contributed by atoms with van der Waals surface area (Å²) in [7, 11) is -3.86. The van der Waals surface area contributed by atoms with E-state index in [1.54, 1.807) is 36.0 Å². The molecule has 0 amide bonds. The first-order valence-electron chi connectivity index (χ1n) is 5.37. The van der Waals surface area contributed by atoms with Gasteiger partial charge in [0, 0.05) is 29.0 Å². The molecule has 0 aliphatic carbocycles. The van der Waals surface area contributed by atoms with Gasteiger partial charge in [0.25, 0.3) is 10.0 Å². The minimum absolute atomic E-state index is 0.302. The highest BCUT2D eigenvalue weighted by Gasteiger charge is 2.17. The van der Waals surface area contributed by atoms with Crippen LogP contribution in [0.3, 0.4) is 0 Å². The number of nitrogens with one attached hydrogen (secondary N) is 2. The Bertz CT molecular complexity index is 721. The largest absolute Gasteiger partial charge is 0.366 e. The van der Waals surface area contributed by atoms with Gasteiger partial charge < -0.3 is 4.98 Å². The lowest BCUT2D eigenvalue weighted by molar-refractivity contribution is 0.600. The number of aromatic amines is 1. The summed E-state index contributed by atoms with van der Waals surface area (Å²) in [4.78, 5) is 14.8. The Morgan fingerprint density at radius 1 is 1.16 bits per heavy atom. The number of thioether (sulfide) groups is 1. The van der Waals surface area contributed by atoms with Crippen molar-refractivity contribution in [3.8, 4) is 0 Å². The molecule has 0 saturated carbocycles. The zero-order valence-electron chi connectivity index (χ0n) is 10.1. The second-order valence-corrected chi connectivity index (χ2v) is 6.24. The molecule has 1 heterocycles. The summed E-state index contributed by atoms with van der Waals surface area (Å²) in [5.74, 6) is 0. The Morgan fingerprint density at radius 3 is 2.42 bits per heavy atom. The van der Waals surface area contributed by atoms with E-state index in [2.05, 4.69) is 9.71 Å². The van der Waals surface area contributed by atoms with E-state index in [9.17, 15) is 13.2 Å². The summed E-state index contributed by atoms with van der Waals surface area (Å²) >= 11 is 1.56. The number of sulfonamides is 1. The molecule has 0 radical (unpaired) electrons. The van der Waals surface area contributed by atoms with Crippen LogP contribution in [0.15, 0.2) is 57.3 Å². The van der Waals surface area contributed by atoms with Gasteiger partial charge in [-0.15, -0.1) is 11.8 Å². The fourth-order valence-electron chi connectivity index (χ4n) is 1.48. The van der Waals surface area contributed by atoms with Gasteiger partial charge in [-0.2, -0.15) is 0 Å². The summed E-state index contributed by atoms with van der Waals surface area (Å²) in [6.45, 7) is 0. The molecule has 1 aromatic heterocycles. The first-order valence-corrected chi connectivity index (χ1v) is 8.08. The van der Waals surface area contributed by atoms with Crippen LogP contribution in [0.2, 0.25) is 0 Å². The molecule has 100 valence electrons. The maximum absolute atomic E-state index is 12.0. The molecule has 0 aliphatic heterocycles. The lowest BCUT2D eigenvalue weighted by Crippen LogP contribution is -2.20. The van der Waals surface area contributed by atoms with Gasteiger partial charge >= 0.3 is 0 Å². The standard InChI is InChI=1S/C12H12N2O3S2/c1-18-10-4-2-9(3-5-10)14-19(16,17)12-8-13-7-6-11(12)15/h2-8,14H,1H3,(H,13,15). The zero-order chi connectivity index (χ0) is 13.9. The van der Waals surface area contributed by atoms with E-state index in [4.69, 9.17) is 0 Å². The number of benzene rings is 1. The van der Waals surface area contributed by atoms with E-state index in [1.807, 2.05) is 6.26 Å². The molecule has 19 heavy (non-hydrogen) atoms. The third-order valence-corrected chi connectivity index (χ3v) is 4.57. The van der Waals surface area contributed by atoms with Crippen LogP contribution in [0.4, 0.5) is 5.69 Å². The zero-order valence-corrected chi connectivity index (χ0v) is 11.7. The molecule has 1 aromatic carbocycles. The van der Waals surface area contributed by atoms with Crippen molar-refractivity contribution in [2.75, 3.05) is 11.0 Å². The third-order valence-electron chi connectivity index (χ3n) is 2.42. The minimum atomic E-state index is -3.86. The van der Waals surface area contributed by atoms with Gasteiger partial charge in [0.2, 0.25) is 5.43 Å². The average molecular weight is 296 g/mol. The Morgan fingerprint density at radius 2 is 1.84 bits per heavy atom. The van der Waals surface area contributed by atoms with Crippen LogP contribution in [0.5, 0.6) is 0 Å². The van der Waals surface area contributed by atoms with E-state index in [0.717, 1.165) is 4.90 Å². The van der Waals surface area contributed by atoms with Crippen molar-refractivity contribution in [2.24, 2.45) is 0 Å². The summed E-state index contributed by atoms with van der Waals surface area (Å²) < 4.78 is 26.5. The summed E-state index contributed by atoms with van der Waals surface area (Å²) in [5, 5.41) is 0. The number of rotatable bonds is 4. The molecular weight excluding hydrogens is 284 g/mol. The predicted octanol–water partition coefficient (Wildman–Crippen LogP) is 1.90. The van der Waals surface area contributed by atoms with Crippen molar-refractivity contribution < 1.29 is 8.42 Å². The highest BCUT2D eigenvalue weighted by molar-refractivity contribution is 7.98. The Labute approximate surface area is 115 Å². The molecule has 0 fully saturated rings. The number of anilines is 1. The molecule has 0 spiro atoms. The fourth-order valence-corrected chi connectivity index (χ4v) is 3.00. The molecule has 2 N–H and O–H groups in total. The van der Waals surface area contributed by atoms with Crippen molar-refractivity contribution >= 4 is 27.5 Å². The van der Waals surface area contributed by atoms with Crippen LogP contribution in [0.25, 0.3) is 0 Å². The average Bonchev–Trinajstić information content (AvgIpc) is 2.39. The first-order chi connectivity index (χ1) is 9.03. The highest BCUT2D eigenvalue weighted by atomic mass is 32.2. The van der Waals surface area contributed by atoms with Gasteiger partial charge in [0.05, 0.1) is 0 Å². The van der Waals surface area contributed by atoms with Crippen molar-refractivity contribution in [1.82, 2.24) is 4.98 Å². The topological polar surface area (TPSA) is 79.0 Å². The van der Waals surface area contributed by atoms with Crippen LogP contribution >= 0.6 is 11.8 Å². The molecule has 2 rings (SSSR count). The number of hydrogen-bond donors (Lipinski definition) is 2. The van der Waals surface area contributed by atoms with Crippen molar-refractivity contribution in [3.05, 3.63) is 52.9 Å². The molecule has 5 nitrogen and oxygen atoms in total. The molecule has 0 unspecified atom stereocenters. The molecule has 2 aromatic rings. The number of H-pyrrole nitrogens is 1. The normalized spacial score (nSPS) is 11.2. The molecule has 0 atom stereocenters. The van der Waals surface area contributed by atoms with Gasteiger partial charge in [-0.3, -0.25) is 9.52 Å². The predicted molar refractivity (Wildman–Crippen MR) is 76.1 cm³/mol. The molecular formula is C12H12N2O3S2. The lowest BCUT2D eigenvalue weighted by atomic mass is 10.3. The number of aromatic nitrogens is 1. The molecule has 0 aliphatic rings. The monoisotopic (exact) mass is 296 g/mol. The van der Waals surface area contributed by atoms with E-state index < -0.39 is 15.5 Å². The van der Waals surface area contributed by atoms with Gasteiger partial charge in [-0.1, -0.05) is 0 Å². The summed E-state index contributed by atoms with van der Waals surface area (Å²) in [6, 6.07) is 8.09. The van der Waals surface area contributed by atoms with Gasteiger partial charge in [0.15, 0.2) is 4.90 Å². The van der Waals surface area contributed by atoms with E-state index in [0.29, 0.717) is 5.69 Å². The van der Waals surface area contributed by atoms with Crippen molar-refractivity contribution in [3.63, 3.8) is 0 Å². The fraction of sp³-hybridized carbons (Fsp3) is 0.0833. The van der Waals surface area contributed by atoms with Crippen LogP contribution in [0.1, 0.15) is 0 Å². The quantitative estimate of drug-likeness (QED) is 0.845. The summed E-state index contributed by atoms with van der Waals surface area (Å²) in [6.07, 6.45) is 4.48. The van der Waals surface area contributed by atoms with Crippen LogP contribution < -0.4 is 10.2 Å². The Hall–Kier alpha value is -1.73. The minimum Gasteiger partial charge on any atom is -0.366 e. The van der Waals surface area contributed by atoms with Crippen LogP contribution in [0, 0.1) is 0 Å². The number of hydrogen-bond acceptors (Lipinski definition) is 4. The van der Waals surface area contributed by atoms with E-state index in [1.165, 1.54) is 18.5 Å². The smallest absolute Gasteiger partial charge is 0.267 e. The van der Waals surface area contributed by atoms with Gasteiger partial charge in [-0.25, -0.2) is 8.42 Å². The van der Waals surface area contributed by atoms with Gasteiger partial charge in [0.1, 0.15) is 0 Å². The number of pyridine rings is 1. The summed E-state index contributed by atoms with van der Waals surface area (Å²) in [5.41, 5.74) is -0.131. The maximum atomic E-state index is 12.0. The van der Waals surface area contributed by atoms with Crippen LogP contribution in [-0.2, 0) is 10.0 Å². The Balaban J connectivity index is 2.31. The Kier molecular flexibility index (Phi) is 3.96. The second-order valence-electron chi connectivity index (χ2n) is 3.71. The van der Waals surface area contributed by atoms with Gasteiger partial charge in [-0.05, 0) is 30.5 Å². The SMILES string of the molecule is CSc1ccc(NS(=O)(=O)c2c[nH]ccc2=O)cc1. The van der Waals surface area contributed by atoms with Crippen molar-refractivity contribution in [1.29, 1.82) is 0 Å². The first kappa shape index (κ1) is 13.7.